The number of para-hydroxylation sites is 1. The van der Waals surface area contributed by atoms with Crippen molar-refractivity contribution in [1.82, 2.24) is 9.55 Å². The molecule has 0 atom stereocenters. The van der Waals surface area contributed by atoms with Crippen LogP contribution in [0.15, 0.2) is 52.4 Å². The van der Waals surface area contributed by atoms with Crippen molar-refractivity contribution in [3.05, 3.63) is 64.2 Å². The maximum atomic E-state index is 13.3. The summed E-state index contributed by atoms with van der Waals surface area (Å²) in [4.78, 5) is 28.9. The monoisotopic (exact) mass is 357 g/mol. The third kappa shape index (κ3) is 3.71. The van der Waals surface area contributed by atoms with Crippen LogP contribution in [-0.4, -0.2) is 21.2 Å². The summed E-state index contributed by atoms with van der Waals surface area (Å²) in [7, 11) is 1.62. The number of nitrogens with one attached hydrogen (secondary N) is 1. The third-order valence-corrected chi connectivity index (χ3v) is 4.78. The van der Waals surface area contributed by atoms with Crippen LogP contribution >= 0.6 is 11.8 Å². The van der Waals surface area contributed by atoms with Crippen LogP contribution in [0.3, 0.4) is 0 Å². The average molecular weight is 357 g/mol. The van der Waals surface area contributed by atoms with Gasteiger partial charge in [-0.2, -0.15) is 0 Å². The Morgan fingerprint density at radius 2 is 2.04 bits per heavy atom. The highest BCUT2D eigenvalue weighted by molar-refractivity contribution is 7.99. The van der Waals surface area contributed by atoms with Crippen molar-refractivity contribution < 1.29 is 9.18 Å². The van der Waals surface area contributed by atoms with Gasteiger partial charge in [-0.1, -0.05) is 30.0 Å². The smallest absolute Gasteiger partial charge is 0.261 e. The summed E-state index contributed by atoms with van der Waals surface area (Å²) in [6.45, 7) is 1.79. The minimum atomic E-state index is -0.410. The highest BCUT2D eigenvalue weighted by Gasteiger charge is 2.11. The van der Waals surface area contributed by atoms with Crippen molar-refractivity contribution in [2.45, 2.75) is 12.1 Å². The Labute approximate surface area is 147 Å². The second-order valence-electron chi connectivity index (χ2n) is 5.57. The topological polar surface area (TPSA) is 64.0 Å². The zero-order chi connectivity index (χ0) is 18.0. The summed E-state index contributed by atoms with van der Waals surface area (Å²) in [5.41, 5.74) is 1.64. The summed E-state index contributed by atoms with van der Waals surface area (Å²) in [5, 5.41) is 3.67. The molecule has 0 spiro atoms. The maximum Gasteiger partial charge on any atom is 0.261 e. The second-order valence-corrected chi connectivity index (χ2v) is 6.51. The van der Waals surface area contributed by atoms with Crippen LogP contribution < -0.4 is 10.9 Å². The number of hydrogen-bond acceptors (Lipinski definition) is 4. The molecule has 1 amide bonds. The first-order valence-electron chi connectivity index (χ1n) is 7.60. The molecule has 1 heterocycles. The van der Waals surface area contributed by atoms with Crippen LogP contribution in [0.2, 0.25) is 0 Å². The van der Waals surface area contributed by atoms with Gasteiger partial charge in [-0.25, -0.2) is 9.37 Å². The van der Waals surface area contributed by atoms with E-state index in [0.717, 1.165) is 17.3 Å². The lowest BCUT2D eigenvalue weighted by atomic mass is 10.2. The Morgan fingerprint density at radius 1 is 1.28 bits per heavy atom. The number of fused-ring (bicyclic) bond motifs is 1. The maximum absolute atomic E-state index is 13.3. The number of benzene rings is 2. The number of thioether (sulfide) groups is 1. The number of anilines is 1. The van der Waals surface area contributed by atoms with E-state index in [1.165, 1.54) is 16.7 Å². The van der Waals surface area contributed by atoms with Crippen molar-refractivity contribution >= 4 is 34.3 Å². The zero-order valence-corrected chi connectivity index (χ0v) is 14.6. The summed E-state index contributed by atoms with van der Waals surface area (Å²) in [6.07, 6.45) is 0. The van der Waals surface area contributed by atoms with E-state index in [-0.39, 0.29) is 17.2 Å². The van der Waals surface area contributed by atoms with E-state index >= 15 is 0 Å². The summed E-state index contributed by atoms with van der Waals surface area (Å²) < 4.78 is 14.7. The van der Waals surface area contributed by atoms with Gasteiger partial charge in [0.05, 0.1) is 16.7 Å². The van der Waals surface area contributed by atoms with Crippen LogP contribution in [0.25, 0.3) is 10.9 Å². The third-order valence-electron chi connectivity index (χ3n) is 3.75. The van der Waals surface area contributed by atoms with Crippen LogP contribution in [0, 0.1) is 12.7 Å². The van der Waals surface area contributed by atoms with Gasteiger partial charge in [0.15, 0.2) is 5.16 Å². The molecule has 1 N–H and O–H groups in total. The van der Waals surface area contributed by atoms with Crippen molar-refractivity contribution in [1.29, 1.82) is 0 Å². The fraction of sp³-hybridized carbons (Fsp3) is 0.167. The molecule has 0 radical (unpaired) electrons. The number of hydrogen-bond donors (Lipinski definition) is 1. The van der Waals surface area contributed by atoms with Crippen LogP contribution in [0.1, 0.15) is 5.56 Å². The SMILES string of the molecule is Cc1ccc(F)cc1NC(=O)CSc1nc2ccccc2c(=O)n1C. The Kier molecular flexibility index (Phi) is 4.85. The molecule has 0 bridgehead atoms. The lowest BCUT2D eigenvalue weighted by molar-refractivity contribution is -0.113. The van der Waals surface area contributed by atoms with Crippen molar-refractivity contribution in [2.75, 3.05) is 11.1 Å². The number of carbonyl (C=O) groups excluding carboxylic acids is 1. The quantitative estimate of drug-likeness (QED) is 0.576. The molecule has 128 valence electrons. The van der Waals surface area contributed by atoms with Gasteiger partial charge in [0.1, 0.15) is 5.82 Å². The fourth-order valence-electron chi connectivity index (χ4n) is 2.37. The molecular weight excluding hydrogens is 341 g/mol. The number of nitrogens with zero attached hydrogens (tertiary/aromatic N) is 2. The standard InChI is InChI=1S/C18H16FN3O2S/c1-11-7-8-12(19)9-15(11)20-16(23)10-25-18-21-14-6-4-3-5-13(14)17(24)22(18)2/h3-9H,10H2,1-2H3,(H,20,23). The van der Waals surface area contributed by atoms with Crippen LogP contribution in [-0.2, 0) is 11.8 Å². The molecule has 1 aromatic heterocycles. The van der Waals surface area contributed by atoms with Gasteiger partial charge >= 0.3 is 0 Å². The van der Waals surface area contributed by atoms with Crippen molar-refractivity contribution in [3.8, 4) is 0 Å². The Hall–Kier alpha value is -2.67. The first-order valence-corrected chi connectivity index (χ1v) is 8.59. The molecule has 0 aliphatic carbocycles. The lowest BCUT2D eigenvalue weighted by Crippen LogP contribution is -2.21. The number of amides is 1. The van der Waals surface area contributed by atoms with E-state index in [2.05, 4.69) is 10.3 Å². The molecule has 3 aromatic rings. The number of carbonyl (C=O) groups is 1. The molecule has 3 rings (SSSR count). The van der Waals surface area contributed by atoms with Crippen molar-refractivity contribution in [2.24, 2.45) is 7.05 Å². The number of halogens is 1. The number of rotatable bonds is 4. The average Bonchev–Trinajstić information content (AvgIpc) is 2.60. The minimum absolute atomic E-state index is 0.0641. The van der Waals surface area contributed by atoms with Gasteiger partial charge in [0, 0.05) is 12.7 Å². The molecule has 0 saturated carbocycles. The predicted octanol–water partition coefficient (Wildman–Crippen LogP) is 3.11. The summed E-state index contributed by atoms with van der Waals surface area (Å²) in [5.74, 6) is -0.637. The molecule has 7 heteroatoms. The lowest BCUT2D eigenvalue weighted by Gasteiger charge is -2.10. The van der Waals surface area contributed by atoms with E-state index in [9.17, 15) is 14.0 Å². The van der Waals surface area contributed by atoms with E-state index in [1.54, 1.807) is 38.2 Å². The molecule has 0 saturated heterocycles. The first kappa shape index (κ1) is 17.2. The van der Waals surface area contributed by atoms with Gasteiger partial charge in [-0.15, -0.1) is 0 Å². The summed E-state index contributed by atoms with van der Waals surface area (Å²) in [6, 6.07) is 11.3. The first-order chi connectivity index (χ1) is 12.0. The normalized spacial score (nSPS) is 10.8. The molecule has 0 unspecified atom stereocenters. The number of aromatic nitrogens is 2. The Balaban J connectivity index is 1.76. The van der Waals surface area contributed by atoms with Crippen molar-refractivity contribution in [3.63, 3.8) is 0 Å². The molecule has 25 heavy (non-hydrogen) atoms. The Bertz CT molecular complexity index is 1020. The van der Waals surface area contributed by atoms with Gasteiger partial charge in [-0.3, -0.25) is 14.2 Å². The largest absolute Gasteiger partial charge is 0.325 e. The summed E-state index contributed by atoms with van der Waals surface area (Å²) >= 11 is 1.16. The van der Waals surface area contributed by atoms with Gasteiger partial charge in [0.25, 0.3) is 5.56 Å². The van der Waals surface area contributed by atoms with Gasteiger partial charge in [-0.05, 0) is 36.8 Å². The molecule has 5 nitrogen and oxygen atoms in total. The molecular formula is C18H16FN3O2S. The van der Waals surface area contributed by atoms with Gasteiger partial charge in [0.2, 0.25) is 5.91 Å². The van der Waals surface area contributed by atoms with Gasteiger partial charge < -0.3 is 5.32 Å². The van der Waals surface area contributed by atoms with Crippen LogP contribution in [0.4, 0.5) is 10.1 Å². The highest BCUT2D eigenvalue weighted by atomic mass is 32.2. The van der Waals surface area contributed by atoms with Crippen LogP contribution in [0.5, 0.6) is 0 Å². The van der Waals surface area contributed by atoms with E-state index in [1.807, 2.05) is 6.07 Å². The highest BCUT2D eigenvalue weighted by Crippen LogP contribution is 2.19. The molecule has 0 aliphatic rings. The fourth-order valence-corrected chi connectivity index (χ4v) is 3.14. The van der Waals surface area contributed by atoms with E-state index in [0.29, 0.717) is 21.7 Å². The van der Waals surface area contributed by atoms with E-state index < -0.39 is 5.82 Å². The molecule has 2 aromatic carbocycles. The second kappa shape index (κ2) is 7.06. The zero-order valence-electron chi connectivity index (χ0n) is 13.7. The molecule has 0 aliphatic heterocycles. The minimum Gasteiger partial charge on any atom is -0.325 e. The van der Waals surface area contributed by atoms with E-state index in [4.69, 9.17) is 0 Å². The number of aryl methyl sites for hydroxylation is 1. The molecule has 0 fully saturated rings. The Morgan fingerprint density at radius 3 is 2.84 bits per heavy atom. The predicted molar refractivity (Wildman–Crippen MR) is 97.5 cm³/mol.